The number of ether oxygens (including phenoxy) is 1. The van der Waals surface area contributed by atoms with Crippen molar-refractivity contribution in [3.05, 3.63) is 59.9 Å². The van der Waals surface area contributed by atoms with E-state index in [0.717, 1.165) is 29.0 Å². The van der Waals surface area contributed by atoms with E-state index >= 15 is 0 Å². The van der Waals surface area contributed by atoms with Crippen LogP contribution in [0.15, 0.2) is 48.5 Å². The Morgan fingerprint density at radius 1 is 1.14 bits per heavy atom. The van der Waals surface area contributed by atoms with Crippen LogP contribution < -0.4 is 4.90 Å². The molecule has 6 nitrogen and oxygen atoms in total. The second kappa shape index (κ2) is 8.07. The molecule has 29 heavy (non-hydrogen) atoms. The zero-order valence-electron chi connectivity index (χ0n) is 16.8. The third-order valence-corrected chi connectivity index (χ3v) is 5.42. The van der Waals surface area contributed by atoms with Gasteiger partial charge in [0, 0.05) is 24.6 Å². The SMILES string of the molecule is CCOC(=O)Cn1c([C@@H]2CC(=O)N(c3ccc(CC)cc3)C2)nc2ccccc21. The van der Waals surface area contributed by atoms with Crippen molar-refractivity contribution in [2.24, 2.45) is 0 Å². The summed E-state index contributed by atoms with van der Waals surface area (Å²) in [4.78, 5) is 31.5. The van der Waals surface area contributed by atoms with Crippen LogP contribution in [0.2, 0.25) is 0 Å². The number of hydrogen-bond acceptors (Lipinski definition) is 4. The van der Waals surface area contributed by atoms with Crippen LogP contribution in [0.3, 0.4) is 0 Å². The van der Waals surface area contributed by atoms with E-state index in [9.17, 15) is 9.59 Å². The second-order valence-electron chi connectivity index (χ2n) is 7.28. The van der Waals surface area contributed by atoms with Crippen molar-refractivity contribution in [2.45, 2.75) is 39.2 Å². The third kappa shape index (κ3) is 3.75. The number of esters is 1. The minimum Gasteiger partial charge on any atom is -0.465 e. The number of carbonyl (C=O) groups excluding carboxylic acids is 2. The Labute approximate surface area is 170 Å². The molecule has 0 spiro atoms. The van der Waals surface area contributed by atoms with E-state index in [-0.39, 0.29) is 24.3 Å². The van der Waals surface area contributed by atoms with Crippen LogP contribution in [0.4, 0.5) is 5.69 Å². The van der Waals surface area contributed by atoms with Gasteiger partial charge in [-0.15, -0.1) is 0 Å². The number of hydrogen-bond donors (Lipinski definition) is 0. The van der Waals surface area contributed by atoms with Crippen molar-refractivity contribution < 1.29 is 14.3 Å². The maximum atomic E-state index is 12.8. The first-order valence-electron chi connectivity index (χ1n) is 10.1. The summed E-state index contributed by atoms with van der Waals surface area (Å²) in [5, 5.41) is 0. The Bertz CT molecular complexity index is 1040. The number of nitrogens with zero attached hydrogens (tertiary/aromatic N) is 3. The van der Waals surface area contributed by atoms with E-state index in [1.165, 1.54) is 5.56 Å². The van der Waals surface area contributed by atoms with Gasteiger partial charge in [-0.3, -0.25) is 9.59 Å². The number of rotatable bonds is 6. The molecule has 1 amide bonds. The van der Waals surface area contributed by atoms with Gasteiger partial charge in [-0.1, -0.05) is 31.2 Å². The normalized spacial score (nSPS) is 16.6. The lowest BCUT2D eigenvalue weighted by molar-refractivity contribution is -0.143. The largest absolute Gasteiger partial charge is 0.465 e. The lowest BCUT2D eigenvalue weighted by Crippen LogP contribution is -2.24. The quantitative estimate of drug-likeness (QED) is 0.601. The van der Waals surface area contributed by atoms with Gasteiger partial charge in [-0.25, -0.2) is 4.98 Å². The van der Waals surface area contributed by atoms with Gasteiger partial charge in [0.25, 0.3) is 0 Å². The summed E-state index contributed by atoms with van der Waals surface area (Å²) in [6.45, 7) is 4.89. The number of anilines is 1. The fourth-order valence-electron chi connectivity index (χ4n) is 3.95. The van der Waals surface area contributed by atoms with E-state index in [1.807, 2.05) is 45.9 Å². The molecule has 0 saturated carbocycles. The van der Waals surface area contributed by atoms with Crippen LogP contribution in [0, 0.1) is 0 Å². The Kier molecular flexibility index (Phi) is 5.34. The molecule has 0 aliphatic carbocycles. The van der Waals surface area contributed by atoms with Gasteiger partial charge in [0.15, 0.2) is 0 Å². The highest BCUT2D eigenvalue weighted by Gasteiger charge is 2.35. The summed E-state index contributed by atoms with van der Waals surface area (Å²) in [5.41, 5.74) is 3.86. The lowest BCUT2D eigenvalue weighted by Gasteiger charge is -2.17. The molecule has 2 heterocycles. The van der Waals surface area contributed by atoms with Crippen LogP contribution in [0.1, 0.15) is 37.6 Å². The molecule has 6 heteroatoms. The molecule has 2 aromatic carbocycles. The summed E-state index contributed by atoms with van der Waals surface area (Å²) >= 11 is 0. The fraction of sp³-hybridized carbons (Fsp3) is 0.348. The molecule has 150 valence electrons. The molecule has 1 saturated heterocycles. The zero-order valence-corrected chi connectivity index (χ0v) is 16.8. The van der Waals surface area contributed by atoms with Gasteiger partial charge in [0.1, 0.15) is 12.4 Å². The Morgan fingerprint density at radius 2 is 1.90 bits per heavy atom. The summed E-state index contributed by atoms with van der Waals surface area (Å²) in [7, 11) is 0. The predicted molar refractivity (Wildman–Crippen MR) is 112 cm³/mol. The van der Waals surface area contributed by atoms with Gasteiger partial charge >= 0.3 is 5.97 Å². The monoisotopic (exact) mass is 391 g/mol. The van der Waals surface area contributed by atoms with E-state index < -0.39 is 0 Å². The Morgan fingerprint density at radius 3 is 2.62 bits per heavy atom. The summed E-state index contributed by atoms with van der Waals surface area (Å²) in [6.07, 6.45) is 1.34. The number of benzene rings is 2. The molecule has 0 bridgehead atoms. The van der Waals surface area contributed by atoms with Crippen molar-refractivity contribution in [3.8, 4) is 0 Å². The van der Waals surface area contributed by atoms with Crippen LogP contribution in [0.5, 0.6) is 0 Å². The van der Waals surface area contributed by atoms with Gasteiger partial charge in [0.05, 0.1) is 17.6 Å². The fourth-order valence-corrected chi connectivity index (χ4v) is 3.95. The molecule has 1 aliphatic heterocycles. The van der Waals surface area contributed by atoms with Crippen LogP contribution in [0.25, 0.3) is 11.0 Å². The first-order valence-corrected chi connectivity index (χ1v) is 10.1. The van der Waals surface area contributed by atoms with E-state index in [1.54, 1.807) is 6.92 Å². The molecule has 0 radical (unpaired) electrons. The molecule has 0 unspecified atom stereocenters. The van der Waals surface area contributed by atoms with Gasteiger partial charge in [-0.05, 0) is 43.2 Å². The standard InChI is InChI=1S/C23H25N3O3/c1-3-16-9-11-18(12-10-16)25-14-17(13-21(25)27)23-24-19-7-5-6-8-20(19)26(23)15-22(28)29-4-2/h5-12,17H,3-4,13-15H2,1-2H3/t17-/m1/s1. The van der Waals surface area contributed by atoms with E-state index in [2.05, 4.69) is 19.1 Å². The minimum absolute atomic E-state index is 0.0739. The van der Waals surface area contributed by atoms with Gasteiger partial charge in [-0.2, -0.15) is 0 Å². The molecular formula is C23H25N3O3. The number of aryl methyl sites for hydroxylation is 1. The molecule has 3 aromatic rings. The summed E-state index contributed by atoms with van der Waals surface area (Å²) in [6, 6.07) is 15.9. The Balaban J connectivity index is 1.65. The van der Waals surface area contributed by atoms with Crippen molar-refractivity contribution in [3.63, 3.8) is 0 Å². The van der Waals surface area contributed by atoms with Gasteiger partial charge < -0.3 is 14.2 Å². The number of para-hydroxylation sites is 2. The van der Waals surface area contributed by atoms with E-state index in [0.29, 0.717) is 19.6 Å². The number of fused-ring (bicyclic) bond motifs is 1. The van der Waals surface area contributed by atoms with Crippen molar-refractivity contribution >= 4 is 28.6 Å². The van der Waals surface area contributed by atoms with Crippen molar-refractivity contribution in [1.82, 2.24) is 9.55 Å². The molecule has 0 N–H and O–H groups in total. The van der Waals surface area contributed by atoms with Gasteiger partial charge in [0.2, 0.25) is 5.91 Å². The number of aromatic nitrogens is 2. The molecule has 1 fully saturated rings. The molecule has 1 aliphatic rings. The second-order valence-corrected chi connectivity index (χ2v) is 7.28. The minimum atomic E-state index is -0.298. The summed E-state index contributed by atoms with van der Waals surface area (Å²) in [5.74, 6) is 0.470. The maximum absolute atomic E-state index is 12.8. The molecule has 1 aromatic heterocycles. The number of carbonyl (C=O) groups is 2. The first-order chi connectivity index (χ1) is 14.1. The third-order valence-electron chi connectivity index (χ3n) is 5.42. The molecule has 4 rings (SSSR count). The first kappa shape index (κ1) is 19.2. The maximum Gasteiger partial charge on any atom is 0.326 e. The molecular weight excluding hydrogens is 366 g/mol. The highest BCUT2D eigenvalue weighted by atomic mass is 16.5. The highest BCUT2D eigenvalue weighted by molar-refractivity contribution is 5.96. The zero-order chi connectivity index (χ0) is 20.4. The topological polar surface area (TPSA) is 64.4 Å². The summed E-state index contributed by atoms with van der Waals surface area (Å²) < 4.78 is 7.05. The van der Waals surface area contributed by atoms with Crippen LogP contribution >= 0.6 is 0 Å². The highest BCUT2D eigenvalue weighted by Crippen LogP contribution is 2.33. The predicted octanol–water partition coefficient (Wildman–Crippen LogP) is 3.68. The van der Waals surface area contributed by atoms with Crippen LogP contribution in [-0.2, 0) is 27.3 Å². The number of imidazole rings is 1. The average Bonchev–Trinajstić information content (AvgIpc) is 3.29. The lowest BCUT2D eigenvalue weighted by atomic mass is 10.1. The number of amides is 1. The van der Waals surface area contributed by atoms with Crippen molar-refractivity contribution in [2.75, 3.05) is 18.1 Å². The van der Waals surface area contributed by atoms with E-state index in [4.69, 9.17) is 9.72 Å². The Hall–Kier alpha value is -3.15. The van der Waals surface area contributed by atoms with Crippen LogP contribution in [-0.4, -0.2) is 34.6 Å². The smallest absolute Gasteiger partial charge is 0.326 e. The molecule has 1 atom stereocenters. The van der Waals surface area contributed by atoms with Crippen molar-refractivity contribution in [1.29, 1.82) is 0 Å². The average molecular weight is 391 g/mol.